The Morgan fingerprint density at radius 3 is 1.07 bits per heavy atom. The van der Waals surface area contributed by atoms with Crippen molar-refractivity contribution in [3.05, 3.63) is 154 Å². The first-order valence-electron chi connectivity index (χ1n) is 14.7. The van der Waals surface area contributed by atoms with Gasteiger partial charge >= 0.3 is 0 Å². The van der Waals surface area contributed by atoms with Gasteiger partial charge in [-0.3, -0.25) is 0 Å². The summed E-state index contributed by atoms with van der Waals surface area (Å²) in [6.07, 6.45) is 0. The highest BCUT2D eigenvalue weighted by Gasteiger charge is 2.37. The minimum atomic E-state index is 0.106. The fourth-order valence-corrected chi connectivity index (χ4v) is 6.95. The minimum absolute atomic E-state index is 0.106. The van der Waals surface area contributed by atoms with Crippen molar-refractivity contribution < 1.29 is 0 Å². The van der Waals surface area contributed by atoms with Gasteiger partial charge in [-0.15, -0.1) is 0 Å². The maximum atomic E-state index is 2.54. The fraction of sp³-hybridized carbons (Fsp3) is 0.250. The van der Waals surface area contributed by atoms with Gasteiger partial charge in [0.1, 0.15) is 0 Å². The first-order valence-corrected chi connectivity index (χ1v) is 14.7. The molecule has 40 heavy (non-hydrogen) atoms. The SMILES string of the molecule is CC(C)(C)c1ccc2c(c1)C(c1ccccc1)c1cc3c(cc1-2)C(c1ccccc1)c1cc(C(C)(C)C)ccc1-3. The van der Waals surface area contributed by atoms with Crippen LogP contribution >= 0.6 is 0 Å². The molecule has 0 amide bonds. The van der Waals surface area contributed by atoms with Gasteiger partial charge in [-0.25, -0.2) is 0 Å². The average Bonchev–Trinajstić information content (AvgIpc) is 3.43. The van der Waals surface area contributed by atoms with Gasteiger partial charge in [0.25, 0.3) is 0 Å². The van der Waals surface area contributed by atoms with Crippen LogP contribution in [0, 0.1) is 0 Å². The molecule has 0 radical (unpaired) electrons. The summed E-state index contributed by atoms with van der Waals surface area (Å²) in [4.78, 5) is 0. The summed E-state index contributed by atoms with van der Waals surface area (Å²) in [5, 5.41) is 0. The molecular formula is C40H38. The summed E-state index contributed by atoms with van der Waals surface area (Å²) < 4.78 is 0. The first-order chi connectivity index (χ1) is 19.1. The van der Waals surface area contributed by atoms with Crippen LogP contribution in [0.1, 0.15) is 97.9 Å². The third-order valence-corrected chi connectivity index (χ3v) is 9.15. The van der Waals surface area contributed by atoms with Crippen molar-refractivity contribution in [2.24, 2.45) is 0 Å². The van der Waals surface area contributed by atoms with Crippen molar-refractivity contribution in [3.8, 4) is 22.3 Å². The molecule has 2 atom stereocenters. The zero-order valence-corrected chi connectivity index (χ0v) is 24.5. The van der Waals surface area contributed by atoms with Crippen molar-refractivity contribution in [3.63, 3.8) is 0 Å². The Hall–Kier alpha value is -3.90. The molecule has 198 valence electrons. The van der Waals surface area contributed by atoms with E-state index in [1.54, 1.807) is 0 Å². The maximum absolute atomic E-state index is 2.54. The molecule has 5 aromatic rings. The first kappa shape index (κ1) is 25.1. The Labute approximate surface area is 239 Å². The molecule has 2 aliphatic carbocycles. The van der Waals surface area contributed by atoms with Crippen molar-refractivity contribution in [1.29, 1.82) is 0 Å². The normalized spacial score (nSPS) is 17.2. The fourth-order valence-electron chi connectivity index (χ4n) is 6.95. The van der Waals surface area contributed by atoms with E-state index in [-0.39, 0.29) is 22.7 Å². The molecule has 0 heteroatoms. The molecule has 0 N–H and O–H groups in total. The highest BCUT2D eigenvalue weighted by molar-refractivity contribution is 5.89. The molecule has 0 nitrogen and oxygen atoms in total. The van der Waals surface area contributed by atoms with E-state index in [4.69, 9.17) is 0 Å². The van der Waals surface area contributed by atoms with E-state index >= 15 is 0 Å². The molecular weight excluding hydrogens is 480 g/mol. The van der Waals surface area contributed by atoms with Crippen LogP contribution in [0.25, 0.3) is 22.3 Å². The molecule has 0 fully saturated rings. The average molecular weight is 519 g/mol. The summed E-state index contributed by atoms with van der Waals surface area (Å²) in [5.41, 5.74) is 17.1. The predicted octanol–water partition coefficient (Wildman–Crippen LogP) is 10.6. The highest BCUT2D eigenvalue weighted by Crippen LogP contribution is 2.56. The zero-order valence-electron chi connectivity index (χ0n) is 24.5. The quantitative estimate of drug-likeness (QED) is 0.213. The maximum Gasteiger partial charge on any atom is 0.0352 e. The lowest BCUT2D eigenvalue weighted by Gasteiger charge is -2.22. The monoisotopic (exact) mass is 518 g/mol. The molecule has 5 aromatic carbocycles. The lowest BCUT2D eigenvalue weighted by molar-refractivity contribution is 0.589. The molecule has 0 bridgehead atoms. The molecule has 7 rings (SSSR count). The second-order valence-corrected chi connectivity index (χ2v) is 13.8. The third kappa shape index (κ3) is 3.88. The highest BCUT2D eigenvalue weighted by atomic mass is 14.4. The van der Waals surface area contributed by atoms with E-state index in [0.717, 1.165) is 0 Å². The summed E-state index contributed by atoms with van der Waals surface area (Å²) in [6, 6.07) is 41.7. The van der Waals surface area contributed by atoms with E-state index < -0.39 is 0 Å². The van der Waals surface area contributed by atoms with Crippen molar-refractivity contribution in [2.45, 2.75) is 64.2 Å². The largest absolute Gasteiger partial charge is 0.0622 e. The van der Waals surface area contributed by atoms with E-state index in [1.807, 2.05) is 0 Å². The topological polar surface area (TPSA) is 0 Å². The number of hydrogen-bond acceptors (Lipinski definition) is 0. The molecule has 0 spiro atoms. The van der Waals surface area contributed by atoms with Gasteiger partial charge in [0.15, 0.2) is 0 Å². The Bertz CT molecular complexity index is 1610. The second-order valence-electron chi connectivity index (χ2n) is 13.8. The van der Waals surface area contributed by atoms with Crippen LogP contribution in [-0.4, -0.2) is 0 Å². The third-order valence-electron chi connectivity index (χ3n) is 9.15. The van der Waals surface area contributed by atoms with Crippen LogP contribution in [0.15, 0.2) is 109 Å². The summed E-state index contributed by atoms with van der Waals surface area (Å²) in [7, 11) is 0. The van der Waals surface area contributed by atoms with Crippen molar-refractivity contribution in [1.82, 2.24) is 0 Å². The van der Waals surface area contributed by atoms with Crippen LogP contribution in [0.3, 0.4) is 0 Å². The lowest BCUT2D eigenvalue weighted by atomic mass is 9.82. The Morgan fingerprint density at radius 2 is 0.725 bits per heavy atom. The molecule has 2 unspecified atom stereocenters. The number of rotatable bonds is 2. The summed E-state index contributed by atoms with van der Waals surface area (Å²) >= 11 is 0. The van der Waals surface area contributed by atoms with Crippen LogP contribution in [0.2, 0.25) is 0 Å². The van der Waals surface area contributed by atoms with Gasteiger partial charge in [0, 0.05) is 11.8 Å². The molecule has 0 aromatic heterocycles. The summed E-state index contributed by atoms with van der Waals surface area (Å²) in [5.74, 6) is 0.485. The lowest BCUT2D eigenvalue weighted by Crippen LogP contribution is -2.12. The van der Waals surface area contributed by atoms with Crippen LogP contribution in [0.4, 0.5) is 0 Å². The molecule has 0 aliphatic heterocycles. The summed E-state index contributed by atoms with van der Waals surface area (Å²) in [6.45, 7) is 13.9. The predicted molar refractivity (Wildman–Crippen MR) is 169 cm³/mol. The van der Waals surface area contributed by atoms with Crippen molar-refractivity contribution in [2.75, 3.05) is 0 Å². The van der Waals surface area contributed by atoms with E-state index in [0.29, 0.717) is 0 Å². The standard InChI is InChI=1S/C40H38/c1-39(2,3)27-17-19-29-31-23-36-32(24-35(31)37(33(29)21-27)25-13-9-7-10-14-25)30-20-18-28(40(4,5)6)22-34(30)38(36)26-15-11-8-12-16-26/h7-24,37-38H,1-6H3. The van der Waals surface area contributed by atoms with Crippen LogP contribution in [0.5, 0.6) is 0 Å². The number of fused-ring (bicyclic) bond motifs is 6. The van der Waals surface area contributed by atoms with Crippen molar-refractivity contribution >= 4 is 0 Å². The molecule has 2 aliphatic rings. The van der Waals surface area contributed by atoms with Gasteiger partial charge in [-0.05, 0) is 89.7 Å². The van der Waals surface area contributed by atoms with Gasteiger partial charge in [-0.1, -0.05) is 139 Å². The number of benzene rings is 5. The minimum Gasteiger partial charge on any atom is -0.0622 e. The molecule has 0 saturated heterocycles. The van der Waals surface area contributed by atoms with Gasteiger partial charge in [0.05, 0.1) is 0 Å². The van der Waals surface area contributed by atoms with Crippen LogP contribution < -0.4 is 0 Å². The number of hydrogen-bond donors (Lipinski definition) is 0. The van der Waals surface area contributed by atoms with Gasteiger partial charge in [0.2, 0.25) is 0 Å². The Morgan fingerprint density at radius 1 is 0.375 bits per heavy atom. The molecule has 0 saturated carbocycles. The van der Waals surface area contributed by atoms with Gasteiger partial charge < -0.3 is 0 Å². The Balaban J connectivity index is 1.50. The van der Waals surface area contributed by atoms with Crippen LogP contribution in [-0.2, 0) is 10.8 Å². The van der Waals surface area contributed by atoms with Gasteiger partial charge in [-0.2, -0.15) is 0 Å². The van der Waals surface area contributed by atoms with E-state index in [2.05, 4.69) is 151 Å². The second kappa shape index (κ2) is 8.80. The zero-order chi connectivity index (χ0) is 27.8. The van der Waals surface area contributed by atoms with E-state index in [1.165, 1.54) is 66.8 Å². The molecule has 0 heterocycles. The van der Waals surface area contributed by atoms with E-state index in [9.17, 15) is 0 Å². The smallest absolute Gasteiger partial charge is 0.0352 e. The Kier molecular flexibility index (Phi) is 5.52.